The highest BCUT2D eigenvalue weighted by Gasteiger charge is 2.45. The van der Waals surface area contributed by atoms with Crippen molar-refractivity contribution in [3.8, 4) is 0 Å². The normalized spacial score (nSPS) is 18.2. The minimum Gasteiger partial charge on any atom is -0.350 e. The fourth-order valence-electron chi connectivity index (χ4n) is 1.12. The Labute approximate surface area is 80.9 Å². The summed E-state index contributed by atoms with van der Waals surface area (Å²) in [5.74, 6) is -0.0131. The van der Waals surface area contributed by atoms with Crippen LogP contribution in [0.1, 0.15) is 17.7 Å². The highest BCUT2D eigenvalue weighted by Crippen LogP contribution is 2.32. The summed E-state index contributed by atoms with van der Waals surface area (Å²) in [6.45, 7) is 0.607. The van der Waals surface area contributed by atoms with Crippen molar-refractivity contribution in [1.29, 1.82) is 0 Å². The van der Waals surface area contributed by atoms with E-state index in [9.17, 15) is 4.79 Å². The fraction of sp³-hybridized carbons (Fsp3) is 0.444. The quantitative estimate of drug-likeness (QED) is 0.753. The summed E-state index contributed by atoms with van der Waals surface area (Å²) in [6.07, 6.45) is 1.65. The lowest BCUT2D eigenvalue weighted by molar-refractivity contribution is -0.123. The van der Waals surface area contributed by atoms with Gasteiger partial charge in [-0.15, -0.1) is 11.3 Å². The Kier molecular flexibility index (Phi) is 2.09. The number of carbonyl (C=O) groups excluding carboxylic acids is 1. The first-order valence-corrected chi connectivity index (χ1v) is 5.18. The van der Waals surface area contributed by atoms with Gasteiger partial charge in [-0.1, -0.05) is 6.07 Å². The minimum atomic E-state index is -0.544. The highest BCUT2D eigenvalue weighted by molar-refractivity contribution is 7.09. The number of nitrogens with one attached hydrogen (secondary N) is 1. The Bertz CT molecular complexity index is 303. The van der Waals surface area contributed by atoms with Crippen LogP contribution in [0.25, 0.3) is 0 Å². The van der Waals surface area contributed by atoms with Gasteiger partial charge in [0.1, 0.15) is 0 Å². The molecule has 0 atom stereocenters. The molecular weight excluding hydrogens is 184 g/mol. The maximum atomic E-state index is 11.4. The van der Waals surface area contributed by atoms with E-state index >= 15 is 0 Å². The molecule has 1 amide bonds. The van der Waals surface area contributed by atoms with E-state index in [0.29, 0.717) is 6.54 Å². The third-order valence-electron chi connectivity index (χ3n) is 2.24. The van der Waals surface area contributed by atoms with Gasteiger partial charge in [-0.2, -0.15) is 0 Å². The minimum absolute atomic E-state index is 0.0131. The number of thiophene rings is 1. The Morgan fingerprint density at radius 3 is 3.00 bits per heavy atom. The van der Waals surface area contributed by atoms with Crippen molar-refractivity contribution in [2.24, 2.45) is 5.73 Å². The monoisotopic (exact) mass is 196 g/mol. The van der Waals surface area contributed by atoms with Gasteiger partial charge in [0.25, 0.3) is 0 Å². The van der Waals surface area contributed by atoms with E-state index in [1.165, 1.54) is 0 Å². The Morgan fingerprint density at radius 2 is 2.46 bits per heavy atom. The molecule has 1 aromatic heterocycles. The van der Waals surface area contributed by atoms with Crippen molar-refractivity contribution in [2.75, 3.05) is 0 Å². The molecule has 3 N–H and O–H groups in total. The molecule has 1 aromatic rings. The maximum absolute atomic E-state index is 11.4. The Morgan fingerprint density at radius 1 is 1.69 bits per heavy atom. The zero-order chi connectivity index (χ0) is 9.31. The molecule has 0 aliphatic heterocycles. The summed E-state index contributed by atoms with van der Waals surface area (Å²) in [4.78, 5) is 12.6. The summed E-state index contributed by atoms with van der Waals surface area (Å²) >= 11 is 1.64. The lowest BCUT2D eigenvalue weighted by Crippen LogP contribution is -2.42. The summed E-state index contributed by atoms with van der Waals surface area (Å²) in [5.41, 5.74) is 5.18. The third kappa shape index (κ3) is 1.89. The van der Waals surface area contributed by atoms with Gasteiger partial charge in [-0.25, -0.2) is 0 Å². The van der Waals surface area contributed by atoms with Crippen LogP contribution in [-0.2, 0) is 11.3 Å². The summed E-state index contributed by atoms with van der Waals surface area (Å²) in [7, 11) is 0. The van der Waals surface area contributed by atoms with Crippen LogP contribution in [0.5, 0.6) is 0 Å². The van der Waals surface area contributed by atoms with Gasteiger partial charge in [-0.05, 0) is 24.3 Å². The molecule has 2 rings (SSSR count). The molecule has 4 heteroatoms. The van der Waals surface area contributed by atoms with E-state index in [4.69, 9.17) is 5.73 Å². The molecule has 1 saturated carbocycles. The van der Waals surface area contributed by atoms with E-state index in [-0.39, 0.29) is 5.91 Å². The first-order valence-electron chi connectivity index (χ1n) is 4.30. The van der Waals surface area contributed by atoms with Crippen molar-refractivity contribution < 1.29 is 4.79 Å². The topological polar surface area (TPSA) is 55.1 Å². The predicted molar refractivity (Wildman–Crippen MR) is 52.3 cm³/mol. The largest absolute Gasteiger partial charge is 0.350 e. The van der Waals surface area contributed by atoms with Crippen molar-refractivity contribution in [3.05, 3.63) is 22.4 Å². The number of amides is 1. The van der Waals surface area contributed by atoms with E-state index < -0.39 is 5.54 Å². The second kappa shape index (κ2) is 3.12. The molecule has 0 aromatic carbocycles. The second-order valence-electron chi connectivity index (χ2n) is 3.42. The molecule has 1 fully saturated rings. The van der Waals surface area contributed by atoms with Crippen LogP contribution in [0.4, 0.5) is 0 Å². The van der Waals surface area contributed by atoms with E-state index in [1.807, 2.05) is 17.5 Å². The zero-order valence-electron chi connectivity index (χ0n) is 7.25. The SMILES string of the molecule is NC1(C(=O)NCc2cccs2)CC1. The molecule has 0 saturated heterocycles. The van der Waals surface area contributed by atoms with Crippen molar-refractivity contribution >= 4 is 17.2 Å². The van der Waals surface area contributed by atoms with Crippen LogP contribution in [0, 0.1) is 0 Å². The smallest absolute Gasteiger partial charge is 0.240 e. The first-order chi connectivity index (χ1) is 6.21. The molecule has 0 spiro atoms. The van der Waals surface area contributed by atoms with Crippen molar-refractivity contribution in [3.63, 3.8) is 0 Å². The molecule has 0 unspecified atom stereocenters. The standard InChI is InChI=1S/C9H12N2OS/c10-9(3-4-9)8(12)11-6-7-2-1-5-13-7/h1-2,5H,3-4,6,10H2,(H,11,12). The fourth-order valence-corrected chi connectivity index (χ4v) is 1.76. The molecule has 1 heterocycles. The maximum Gasteiger partial charge on any atom is 0.240 e. The molecule has 1 aliphatic rings. The van der Waals surface area contributed by atoms with Crippen LogP contribution in [0.3, 0.4) is 0 Å². The van der Waals surface area contributed by atoms with Crippen LogP contribution >= 0.6 is 11.3 Å². The number of hydrogen-bond acceptors (Lipinski definition) is 3. The van der Waals surface area contributed by atoms with Crippen molar-refractivity contribution in [2.45, 2.75) is 24.9 Å². The summed E-state index contributed by atoms with van der Waals surface area (Å²) < 4.78 is 0. The van der Waals surface area contributed by atoms with E-state index in [2.05, 4.69) is 5.32 Å². The first kappa shape index (κ1) is 8.72. The van der Waals surface area contributed by atoms with Gasteiger partial charge < -0.3 is 11.1 Å². The van der Waals surface area contributed by atoms with Crippen molar-refractivity contribution in [1.82, 2.24) is 5.32 Å². The molecule has 0 radical (unpaired) electrons. The number of nitrogens with two attached hydrogens (primary N) is 1. The molecule has 70 valence electrons. The second-order valence-corrected chi connectivity index (χ2v) is 4.45. The average molecular weight is 196 g/mol. The van der Waals surface area contributed by atoms with Gasteiger partial charge >= 0.3 is 0 Å². The Balaban J connectivity index is 1.83. The van der Waals surface area contributed by atoms with Crippen LogP contribution in [-0.4, -0.2) is 11.4 Å². The van der Waals surface area contributed by atoms with Crippen LogP contribution in [0.2, 0.25) is 0 Å². The number of rotatable bonds is 3. The third-order valence-corrected chi connectivity index (χ3v) is 3.12. The molecule has 0 bridgehead atoms. The Hall–Kier alpha value is -0.870. The predicted octanol–water partition coefficient (Wildman–Crippen LogP) is 0.856. The van der Waals surface area contributed by atoms with E-state index in [1.54, 1.807) is 11.3 Å². The molecule has 1 aliphatic carbocycles. The summed E-state index contributed by atoms with van der Waals surface area (Å²) in [6, 6.07) is 3.97. The lowest BCUT2D eigenvalue weighted by Gasteiger charge is -2.08. The molecule has 13 heavy (non-hydrogen) atoms. The number of carbonyl (C=O) groups is 1. The van der Waals surface area contributed by atoms with Gasteiger partial charge in [-0.3, -0.25) is 4.79 Å². The molecule has 3 nitrogen and oxygen atoms in total. The van der Waals surface area contributed by atoms with Crippen LogP contribution < -0.4 is 11.1 Å². The van der Waals surface area contributed by atoms with E-state index in [0.717, 1.165) is 17.7 Å². The zero-order valence-corrected chi connectivity index (χ0v) is 8.06. The highest BCUT2D eigenvalue weighted by atomic mass is 32.1. The van der Waals surface area contributed by atoms with Gasteiger partial charge in [0.15, 0.2) is 0 Å². The molecular formula is C9H12N2OS. The number of hydrogen-bond donors (Lipinski definition) is 2. The average Bonchev–Trinajstić information content (AvgIpc) is 2.70. The van der Waals surface area contributed by atoms with Crippen LogP contribution in [0.15, 0.2) is 17.5 Å². The lowest BCUT2D eigenvalue weighted by atomic mass is 10.3. The summed E-state index contributed by atoms with van der Waals surface area (Å²) in [5, 5.41) is 4.83. The van der Waals surface area contributed by atoms with Gasteiger partial charge in [0.05, 0.1) is 12.1 Å². The van der Waals surface area contributed by atoms with Gasteiger partial charge in [0.2, 0.25) is 5.91 Å². The van der Waals surface area contributed by atoms with Gasteiger partial charge in [0, 0.05) is 4.88 Å².